The van der Waals surface area contributed by atoms with Gasteiger partial charge < -0.3 is 14.2 Å². The summed E-state index contributed by atoms with van der Waals surface area (Å²) in [4.78, 5) is 12.2. The van der Waals surface area contributed by atoms with Crippen molar-refractivity contribution in [2.24, 2.45) is 0 Å². The first-order chi connectivity index (χ1) is 11.3. The first-order valence-electron chi connectivity index (χ1n) is 7.89. The molecule has 2 aliphatic rings. The lowest BCUT2D eigenvalue weighted by Crippen LogP contribution is -2.08. The fraction of sp³-hybridized carbons (Fsp3) is 0.316. The Balaban J connectivity index is 1.36. The van der Waals surface area contributed by atoms with Gasteiger partial charge in [0.05, 0.1) is 31.0 Å². The van der Waals surface area contributed by atoms with Crippen LogP contribution in [0.4, 0.5) is 0 Å². The fourth-order valence-corrected chi connectivity index (χ4v) is 2.53. The number of rotatable bonds is 6. The molecule has 0 saturated carbocycles. The molecule has 0 radical (unpaired) electrons. The van der Waals surface area contributed by atoms with Crippen LogP contribution in [0, 0.1) is 0 Å². The molecule has 2 heterocycles. The van der Waals surface area contributed by atoms with E-state index in [0.29, 0.717) is 23.5 Å². The first-order valence-corrected chi connectivity index (χ1v) is 7.89. The van der Waals surface area contributed by atoms with Gasteiger partial charge in [-0.3, -0.25) is 0 Å². The lowest BCUT2D eigenvalue weighted by atomic mass is 10.1. The summed E-state index contributed by atoms with van der Waals surface area (Å²) in [6, 6.07) is 15.1. The molecule has 2 aromatic carbocycles. The summed E-state index contributed by atoms with van der Waals surface area (Å²) in [5, 5.41) is 0. The summed E-state index contributed by atoms with van der Waals surface area (Å²) in [7, 11) is 0. The summed E-state index contributed by atoms with van der Waals surface area (Å²) < 4.78 is 15.8. The number of esters is 1. The number of hydrogen-bond acceptors (Lipinski definition) is 4. The van der Waals surface area contributed by atoms with Crippen molar-refractivity contribution < 1.29 is 19.0 Å². The number of carbonyl (C=O) groups excluding carboxylic acids is 1. The van der Waals surface area contributed by atoms with Crippen LogP contribution < -0.4 is 4.74 Å². The maximum absolute atomic E-state index is 12.2. The summed E-state index contributed by atoms with van der Waals surface area (Å²) in [6.45, 7) is 1.69. The molecule has 2 aliphatic heterocycles. The van der Waals surface area contributed by atoms with Crippen molar-refractivity contribution in [3.8, 4) is 5.75 Å². The van der Waals surface area contributed by atoms with Crippen LogP contribution >= 0.6 is 0 Å². The van der Waals surface area contributed by atoms with Crippen molar-refractivity contribution in [3.05, 3.63) is 65.2 Å². The quantitative estimate of drug-likeness (QED) is 0.468. The van der Waals surface area contributed by atoms with E-state index in [1.807, 2.05) is 36.4 Å². The van der Waals surface area contributed by atoms with E-state index in [9.17, 15) is 4.79 Å². The number of hydrogen-bond donors (Lipinski definition) is 0. The van der Waals surface area contributed by atoms with Crippen LogP contribution in [-0.2, 0) is 22.3 Å². The van der Waals surface area contributed by atoms with E-state index >= 15 is 0 Å². The fourth-order valence-electron chi connectivity index (χ4n) is 2.53. The largest absolute Gasteiger partial charge is 0.423 e. The highest BCUT2D eigenvalue weighted by Gasteiger charge is 2.23. The van der Waals surface area contributed by atoms with Crippen molar-refractivity contribution >= 4 is 5.97 Å². The molecule has 4 rings (SSSR count). The maximum atomic E-state index is 12.2. The zero-order valence-electron chi connectivity index (χ0n) is 12.7. The standard InChI is InChI=1S/C19H18O4/c20-19(15-5-1-13(2-6-15)9-17-11-21-17)23-16-7-3-14(4-8-16)10-18-12-22-18/h1-8,17-18H,9-12H2. The van der Waals surface area contributed by atoms with Crippen LogP contribution in [0.1, 0.15) is 21.5 Å². The molecule has 2 unspecified atom stereocenters. The van der Waals surface area contributed by atoms with Gasteiger partial charge in [-0.2, -0.15) is 0 Å². The van der Waals surface area contributed by atoms with Gasteiger partial charge in [0, 0.05) is 12.8 Å². The molecular weight excluding hydrogens is 292 g/mol. The third kappa shape index (κ3) is 3.97. The average molecular weight is 310 g/mol. The van der Waals surface area contributed by atoms with E-state index in [1.54, 1.807) is 12.1 Å². The molecule has 0 N–H and O–H groups in total. The lowest BCUT2D eigenvalue weighted by Gasteiger charge is -2.06. The Bertz CT molecular complexity index is 682. The Morgan fingerprint density at radius 3 is 1.83 bits per heavy atom. The zero-order chi connectivity index (χ0) is 15.6. The normalized spacial score (nSPS) is 21.7. The second-order valence-corrected chi connectivity index (χ2v) is 6.05. The lowest BCUT2D eigenvalue weighted by molar-refractivity contribution is 0.0734. The van der Waals surface area contributed by atoms with E-state index in [2.05, 4.69) is 0 Å². The Morgan fingerprint density at radius 2 is 1.35 bits per heavy atom. The van der Waals surface area contributed by atoms with E-state index in [4.69, 9.17) is 14.2 Å². The molecule has 2 aromatic rings. The molecule has 0 aliphatic carbocycles. The van der Waals surface area contributed by atoms with Gasteiger partial charge in [-0.05, 0) is 35.4 Å². The monoisotopic (exact) mass is 310 g/mol. The molecule has 0 amide bonds. The van der Waals surface area contributed by atoms with Crippen LogP contribution in [0.15, 0.2) is 48.5 Å². The molecule has 2 saturated heterocycles. The Labute approximate surface area is 135 Å². The highest BCUT2D eigenvalue weighted by Crippen LogP contribution is 2.20. The first kappa shape index (κ1) is 14.4. The van der Waals surface area contributed by atoms with Crippen LogP contribution in [0.5, 0.6) is 5.75 Å². The smallest absolute Gasteiger partial charge is 0.343 e. The van der Waals surface area contributed by atoms with Gasteiger partial charge in [-0.1, -0.05) is 24.3 Å². The molecule has 23 heavy (non-hydrogen) atoms. The molecular formula is C19H18O4. The van der Waals surface area contributed by atoms with Gasteiger partial charge in [0.25, 0.3) is 0 Å². The summed E-state index contributed by atoms with van der Waals surface area (Å²) in [5.41, 5.74) is 2.93. The highest BCUT2D eigenvalue weighted by molar-refractivity contribution is 5.91. The average Bonchev–Trinajstić information content (AvgIpc) is 3.47. The van der Waals surface area contributed by atoms with Gasteiger partial charge >= 0.3 is 5.97 Å². The number of ether oxygens (including phenoxy) is 3. The Kier molecular flexibility index (Phi) is 3.85. The minimum Gasteiger partial charge on any atom is -0.423 e. The molecule has 0 aromatic heterocycles. The minimum atomic E-state index is -0.336. The molecule has 0 bridgehead atoms. The van der Waals surface area contributed by atoms with Gasteiger partial charge in [-0.15, -0.1) is 0 Å². The van der Waals surface area contributed by atoms with Gasteiger partial charge in [0.15, 0.2) is 0 Å². The van der Waals surface area contributed by atoms with E-state index in [-0.39, 0.29) is 5.97 Å². The van der Waals surface area contributed by atoms with Crippen molar-refractivity contribution in [1.29, 1.82) is 0 Å². The van der Waals surface area contributed by atoms with Crippen molar-refractivity contribution in [3.63, 3.8) is 0 Å². The van der Waals surface area contributed by atoms with Crippen LogP contribution in [0.3, 0.4) is 0 Å². The molecule has 118 valence electrons. The molecule has 4 heteroatoms. The Hall–Kier alpha value is -2.17. The predicted molar refractivity (Wildman–Crippen MR) is 84.7 cm³/mol. The third-order valence-electron chi connectivity index (χ3n) is 4.06. The topological polar surface area (TPSA) is 51.4 Å². The van der Waals surface area contributed by atoms with Crippen molar-refractivity contribution in [2.45, 2.75) is 25.0 Å². The van der Waals surface area contributed by atoms with Crippen LogP contribution in [0.25, 0.3) is 0 Å². The number of benzene rings is 2. The van der Waals surface area contributed by atoms with Crippen molar-refractivity contribution in [2.75, 3.05) is 13.2 Å². The minimum absolute atomic E-state index is 0.336. The predicted octanol–water partition coefficient (Wildman–Crippen LogP) is 2.79. The third-order valence-corrected chi connectivity index (χ3v) is 4.06. The Morgan fingerprint density at radius 1 is 0.870 bits per heavy atom. The summed E-state index contributed by atoms with van der Waals surface area (Å²) in [5.74, 6) is 0.225. The summed E-state index contributed by atoms with van der Waals surface area (Å²) >= 11 is 0. The van der Waals surface area contributed by atoms with Crippen molar-refractivity contribution in [1.82, 2.24) is 0 Å². The number of epoxide rings is 2. The maximum Gasteiger partial charge on any atom is 0.343 e. The SMILES string of the molecule is O=C(Oc1ccc(CC2CO2)cc1)c1ccc(CC2CO2)cc1. The van der Waals surface area contributed by atoms with Crippen LogP contribution in [0.2, 0.25) is 0 Å². The highest BCUT2D eigenvalue weighted by atomic mass is 16.6. The van der Waals surface area contributed by atoms with Gasteiger partial charge in [0.1, 0.15) is 5.75 Å². The molecule has 2 fully saturated rings. The van der Waals surface area contributed by atoms with E-state index < -0.39 is 0 Å². The van der Waals surface area contributed by atoms with Gasteiger partial charge in [-0.25, -0.2) is 4.79 Å². The molecule has 2 atom stereocenters. The van der Waals surface area contributed by atoms with E-state index in [1.165, 1.54) is 11.1 Å². The second kappa shape index (κ2) is 6.14. The molecule has 4 nitrogen and oxygen atoms in total. The number of carbonyl (C=O) groups is 1. The zero-order valence-corrected chi connectivity index (χ0v) is 12.7. The molecule has 0 spiro atoms. The second-order valence-electron chi connectivity index (χ2n) is 6.05. The van der Waals surface area contributed by atoms with E-state index in [0.717, 1.165) is 26.1 Å². The van der Waals surface area contributed by atoms with Crippen LogP contribution in [-0.4, -0.2) is 31.4 Å². The van der Waals surface area contributed by atoms with Gasteiger partial charge in [0.2, 0.25) is 0 Å². The summed E-state index contributed by atoms with van der Waals surface area (Å²) in [6.07, 6.45) is 2.54.